The van der Waals surface area contributed by atoms with Crippen molar-refractivity contribution in [3.05, 3.63) is 17.3 Å². The van der Waals surface area contributed by atoms with Crippen LogP contribution in [0.3, 0.4) is 0 Å². The number of hydrogen-bond donors (Lipinski definition) is 1. The maximum absolute atomic E-state index is 10.8. The summed E-state index contributed by atoms with van der Waals surface area (Å²) in [6, 6.07) is 0. The van der Waals surface area contributed by atoms with Crippen LogP contribution in [0.1, 0.15) is 36.1 Å². The van der Waals surface area contributed by atoms with E-state index >= 15 is 0 Å². The minimum Gasteiger partial charge on any atom is -0.465 e. The topological polar surface area (TPSA) is 66.6 Å². The van der Waals surface area contributed by atoms with Gasteiger partial charge in [-0.05, 0) is 12.8 Å². The Labute approximate surface area is 86.7 Å². The highest BCUT2D eigenvalue weighted by Gasteiger charge is 2.32. The average molecular weight is 208 g/mol. The van der Waals surface area contributed by atoms with Crippen LogP contribution >= 0.6 is 0 Å². The van der Waals surface area contributed by atoms with E-state index in [2.05, 4.69) is 4.98 Å². The second kappa shape index (κ2) is 2.98. The average Bonchev–Trinajstić information content (AvgIpc) is 2.97. The fraction of sp³-hybridized carbons (Fsp3) is 0.600. The van der Waals surface area contributed by atoms with Gasteiger partial charge in [-0.15, -0.1) is 0 Å². The number of fused-ring (bicyclic) bond motifs is 1. The molecule has 5 heteroatoms. The van der Waals surface area contributed by atoms with Crippen molar-refractivity contribution in [3.8, 4) is 0 Å². The Hall–Kier alpha value is -1.52. The smallest absolute Gasteiger partial charge is 0.407 e. The van der Waals surface area contributed by atoms with E-state index in [4.69, 9.17) is 9.52 Å². The fourth-order valence-corrected chi connectivity index (χ4v) is 1.88. The monoisotopic (exact) mass is 208 g/mol. The first-order valence-corrected chi connectivity index (χ1v) is 5.20. The highest BCUT2D eigenvalue weighted by atomic mass is 16.4. The van der Waals surface area contributed by atoms with Crippen molar-refractivity contribution < 1.29 is 14.3 Å². The van der Waals surface area contributed by atoms with Gasteiger partial charge in [0.2, 0.25) is 0 Å². The van der Waals surface area contributed by atoms with Crippen LogP contribution in [0.2, 0.25) is 0 Å². The molecule has 2 aliphatic rings. The van der Waals surface area contributed by atoms with Gasteiger partial charge in [0.15, 0.2) is 5.89 Å². The zero-order valence-electron chi connectivity index (χ0n) is 8.27. The first-order valence-electron chi connectivity index (χ1n) is 5.20. The molecule has 1 N–H and O–H groups in total. The molecule has 5 nitrogen and oxygen atoms in total. The lowest BCUT2D eigenvalue weighted by Crippen LogP contribution is -2.34. The molecule has 1 aliphatic heterocycles. The van der Waals surface area contributed by atoms with E-state index < -0.39 is 6.09 Å². The van der Waals surface area contributed by atoms with Crippen LogP contribution in [0, 0.1) is 0 Å². The van der Waals surface area contributed by atoms with Crippen LogP contribution in [0.4, 0.5) is 4.79 Å². The largest absolute Gasteiger partial charge is 0.465 e. The minimum absolute atomic E-state index is 0.352. The van der Waals surface area contributed by atoms with E-state index in [1.807, 2.05) is 0 Å². The molecule has 3 rings (SSSR count). The summed E-state index contributed by atoms with van der Waals surface area (Å²) in [5.74, 6) is 2.05. The standard InChI is InChI=1S/C10H12N2O3/c13-10(14)12-4-3-7-8(5-12)15-9(11-7)6-1-2-6/h6H,1-5H2,(H,13,14). The Kier molecular flexibility index (Phi) is 1.74. The van der Waals surface area contributed by atoms with Gasteiger partial charge in [0.1, 0.15) is 5.76 Å². The van der Waals surface area contributed by atoms with Gasteiger partial charge in [0.05, 0.1) is 12.2 Å². The number of rotatable bonds is 1. The number of amides is 1. The summed E-state index contributed by atoms with van der Waals surface area (Å²) < 4.78 is 5.59. The van der Waals surface area contributed by atoms with Gasteiger partial charge in [-0.3, -0.25) is 0 Å². The van der Waals surface area contributed by atoms with Crippen LogP contribution in [0.5, 0.6) is 0 Å². The lowest BCUT2D eigenvalue weighted by atomic mass is 10.2. The van der Waals surface area contributed by atoms with E-state index in [0.717, 1.165) is 30.2 Å². The van der Waals surface area contributed by atoms with Gasteiger partial charge in [-0.2, -0.15) is 0 Å². The van der Waals surface area contributed by atoms with Crippen molar-refractivity contribution in [3.63, 3.8) is 0 Å². The number of aromatic nitrogens is 1. The Morgan fingerprint density at radius 1 is 1.53 bits per heavy atom. The molecule has 0 saturated heterocycles. The van der Waals surface area contributed by atoms with Crippen molar-refractivity contribution in [1.82, 2.24) is 9.88 Å². The second-order valence-corrected chi connectivity index (χ2v) is 4.15. The summed E-state index contributed by atoms with van der Waals surface area (Å²) in [6.07, 6.45) is 2.10. The SMILES string of the molecule is O=C(O)N1CCc2nc(C3CC3)oc2C1. The lowest BCUT2D eigenvalue weighted by Gasteiger charge is -2.21. The molecule has 0 atom stereocenters. The van der Waals surface area contributed by atoms with Crippen molar-refractivity contribution in [1.29, 1.82) is 0 Å². The fourth-order valence-electron chi connectivity index (χ4n) is 1.88. The Morgan fingerprint density at radius 2 is 2.33 bits per heavy atom. The molecule has 1 aromatic heterocycles. The summed E-state index contributed by atoms with van der Waals surface area (Å²) in [5, 5.41) is 8.86. The highest BCUT2D eigenvalue weighted by Crippen LogP contribution is 2.40. The molecular weight excluding hydrogens is 196 g/mol. The molecule has 1 saturated carbocycles. The number of nitrogens with zero attached hydrogens (tertiary/aromatic N) is 2. The second-order valence-electron chi connectivity index (χ2n) is 4.15. The molecule has 1 amide bonds. The van der Waals surface area contributed by atoms with Crippen LogP contribution in [-0.2, 0) is 13.0 Å². The molecule has 0 aromatic carbocycles. The number of carboxylic acid groups (broad SMARTS) is 1. The van der Waals surface area contributed by atoms with Gasteiger partial charge in [0.25, 0.3) is 0 Å². The highest BCUT2D eigenvalue weighted by molar-refractivity contribution is 5.65. The third-order valence-corrected chi connectivity index (χ3v) is 2.94. The molecule has 2 heterocycles. The van der Waals surface area contributed by atoms with E-state index in [1.165, 1.54) is 4.90 Å². The van der Waals surface area contributed by atoms with Gasteiger partial charge in [-0.1, -0.05) is 0 Å². The Bertz CT molecular complexity index is 409. The zero-order chi connectivity index (χ0) is 10.4. The quantitative estimate of drug-likeness (QED) is 0.761. The van der Waals surface area contributed by atoms with Crippen molar-refractivity contribution in [2.75, 3.05) is 6.54 Å². The Balaban J connectivity index is 1.85. The first kappa shape index (κ1) is 8.76. The number of hydrogen-bond acceptors (Lipinski definition) is 3. The van der Waals surface area contributed by atoms with E-state index in [1.54, 1.807) is 0 Å². The predicted octanol–water partition coefficient (Wildman–Crippen LogP) is 1.59. The molecule has 1 aliphatic carbocycles. The molecule has 0 bridgehead atoms. The third-order valence-electron chi connectivity index (χ3n) is 2.94. The first-order chi connectivity index (χ1) is 7.24. The summed E-state index contributed by atoms with van der Waals surface area (Å²) in [5.41, 5.74) is 0.953. The molecule has 0 unspecified atom stereocenters. The van der Waals surface area contributed by atoms with Crippen LogP contribution in [0.25, 0.3) is 0 Å². The zero-order valence-corrected chi connectivity index (χ0v) is 8.27. The predicted molar refractivity (Wildman–Crippen MR) is 50.6 cm³/mol. The van der Waals surface area contributed by atoms with Crippen molar-refractivity contribution in [2.45, 2.75) is 31.7 Å². The summed E-state index contributed by atoms with van der Waals surface area (Å²) in [4.78, 5) is 16.6. The van der Waals surface area contributed by atoms with E-state index in [0.29, 0.717) is 25.4 Å². The molecule has 1 fully saturated rings. The third kappa shape index (κ3) is 1.48. The van der Waals surface area contributed by atoms with E-state index in [9.17, 15) is 4.79 Å². The maximum atomic E-state index is 10.8. The van der Waals surface area contributed by atoms with E-state index in [-0.39, 0.29) is 0 Å². The minimum atomic E-state index is -0.884. The molecule has 80 valence electrons. The van der Waals surface area contributed by atoms with Crippen molar-refractivity contribution in [2.24, 2.45) is 0 Å². The lowest BCUT2D eigenvalue weighted by molar-refractivity contribution is 0.135. The van der Waals surface area contributed by atoms with Gasteiger partial charge < -0.3 is 14.4 Å². The van der Waals surface area contributed by atoms with Crippen LogP contribution < -0.4 is 0 Å². The molecule has 1 aromatic rings. The summed E-state index contributed by atoms with van der Waals surface area (Å²) in [6.45, 7) is 0.878. The van der Waals surface area contributed by atoms with Crippen LogP contribution in [0.15, 0.2) is 4.42 Å². The maximum Gasteiger partial charge on any atom is 0.407 e. The van der Waals surface area contributed by atoms with Crippen LogP contribution in [-0.4, -0.2) is 27.6 Å². The molecule has 15 heavy (non-hydrogen) atoms. The van der Waals surface area contributed by atoms with Gasteiger partial charge in [-0.25, -0.2) is 9.78 Å². The van der Waals surface area contributed by atoms with Crippen molar-refractivity contribution >= 4 is 6.09 Å². The normalized spacial score (nSPS) is 20.1. The number of carbonyl (C=O) groups is 1. The molecular formula is C10H12N2O3. The molecule has 0 radical (unpaired) electrons. The summed E-state index contributed by atoms with van der Waals surface area (Å²) >= 11 is 0. The molecule has 0 spiro atoms. The van der Waals surface area contributed by atoms with Gasteiger partial charge >= 0.3 is 6.09 Å². The van der Waals surface area contributed by atoms with Gasteiger partial charge in [0, 0.05) is 18.9 Å². The number of oxazole rings is 1. The summed E-state index contributed by atoms with van der Waals surface area (Å²) in [7, 11) is 0. The Morgan fingerprint density at radius 3 is 3.00 bits per heavy atom.